The third-order valence-electron chi connectivity index (χ3n) is 1.79. The highest BCUT2D eigenvalue weighted by molar-refractivity contribution is 7.09. The average molecular weight is 200 g/mol. The molecule has 1 rings (SSSR count). The Kier molecular flexibility index (Phi) is 4.35. The van der Waals surface area contributed by atoms with Crippen molar-refractivity contribution >= 4 is 11.3 Å². The lowest BCUT2D eigenvalue weighted by atomic mass is 10.2. The molecule has 1 aromatic rings. The van der Waals surface area contributed by atoms with Crippen molar-refractivity contribution in [3.05, 3.63) is 16.1 Å². The van der Waals surface area contributed by atoms with Gasteiger partial charge >= 0.3 is 0 Å². The maximum Gasteiger partial charge on any atom is 0.0970 e. The van der Waals surface area contributed by atoms with Crippen LogP contribution in [-0.2, 0) is 11.3 Å². The number of methoxy groups -OCH3 is 1. The molecule has 0 aromatic carbocycles. The Balaban J connectivity index is 2.56. The van der Waals surface area contributed by atoms with Crippen molar-refractivity contribution in [1.82, 2.24) is 10.3 Å². The number of nitrogens with one attached hydrogen (secondary N) is 1. The first-order valence-corrected chi connectivity index (χ1v) is 5.23. The van der Waals surface area contributed by atoms with Crippen molar-refractivity contribution in [2.45, 2.75) is 19.4 Å². The van der Waals surface area contributed by atoms with E-state index in [-0.39, 0.29) is 0 Å². The number of hydrogen-bond acceptors (Lipinski definition) is 4. The number of thiazole rings is 1. The highest BCUT2D eigenvalue weighted by Crippen LogP contribution is 2.19. The predicted octanol–water partition coefficient (Wildman–Crippen LogP) is 1.61. The molecule has 0 saturated carbocycles. The quantitative estimate of drug-likeness (QED) is 0.784. The lowest BCUT2D eigenvalue weighted by molar-refractivity contribution is 0.182. The molecular weight excluding hydrogens is 184 g/mol. The van der Waals surface area contributed by atoms with Gasteiger partial charge in [-0.1, -0.05) is 6.92 Å². The van der Waals surface area contributed by atoms with Gasteiger partial charge in [0.15, 0.2) is 0 Å². The highest BCUT2D eigenvalue weighted by atomic mass is 32.1. The minimum Gasteiger partial charge on any atom is -0.378 e. The highest BCUT2D eigenvalue weighted by Gasteiger charge is 2.08. The summed E-state index contributed by atoms with van der Waals surface area (Å²) in [6.45, 7) is 3.76. The Hall–Kier alpha value is -0.450. The fraction of sp³-hybridized carbons (Fsp3) is 0.667. The zero-order valence-corrected chi connectivity index (χ0v) is 9.15. The minimum absolute atomic E-state index is 0.487. The van der Waals surface area contributed by atoms with E-state index < -0.39 is 0 Å². The van der Waals surface area contributed by atoms with Gasteiger partial charge in [0, 0.05) is 25.0 Å². The molecule has 1 heterocycles. The van der Waals surface area contributed by atoms with Crippen LogP contribution in [-0.4, -0.2) is 25.7 Å². The van der Waals surface area contributed by atoms with E-state index in [2.05, 4.69) is 22.6 Å². The average Bonchev–Trinajstić information content (AvgIpc) is 2.54. The third-order valence-corrected chi connectivity index (χ3v) is 2.92. The van der Waals surface area contributed by atoms with Crippen LogP contribution in [0, 0.1) is 0 Å². The van der Waals surface area contributed by atoms with Crippen LogP contribution in [0.2, 0.25) is 0 Å². The molecular formula is C9H16N2OS. The van der Waals surface area contributed by atoms with Crippen LogP contribution in [0.4, 0.5) is 0 Å². The zero-order valence-electron chi connectivity index (χ0n) is 8.33. The second-order valence-electron chi connectivity index (χ2n) is 3.07. The summed E-state index contributed by atoms with van der Waals surface area (Å²) >= 11 is 1.71. The lowest BCUT2D eigenvalue weighted by Crippen LogP contribution is -2.14. The largest absolute Gasteiger partial charge is 0.378 e. The van der Waals surface area contributed by atoms with Crippen molar-refractivity contribution in [2.24, 2.45) is 0 Å². The van der Waals surface area contributed by atoms with E-state index in [0.29, 0.717) is 12.5 Å². The van der Waals surface area contributed by atoms with E-state index in [4.69, 9.17) is 4.74 Å². The van der Waals surface area contributed by atoms with Crippen molar-refractivity contribution < 1.29 is 4.74 Å². The number of hydrogen-bond donors (Lipinski definition) is 1. The molecule has 0 aliphatic heterocycles. The number of ether oxygens (including phenoxy) is 1. The van der Waals surface area contributed by atoms with Gasteiger partial charge in [-0.3, -0.25) is 0 Å². The maximum absolute atomic E-state index is 5.01. The molecule has 0 spiro atoms. The molecule has 13 heavy (non-hydrogen) atoms. The molecule has 1 aromatic heterocycles. The van der Waals surface area contributed by atoms with Gasteiger partial charge in [0.1, 0.15) is 0 Å². The number of aromatic nitrogens is 1. The van der Waals surface area contributed by atoms with Crippen LogP contribution >= 0.6 is 11.3 Å². The van der Waals surface area contributed by atoms with E-state index in [1.54, 1.807) is 18.4 Å². The Morgan fingerprint density at radius 2 is 2.46 bits per heavy atom. The van der Waals surface area contributed by atoms with Gasteiger partial charge in [0.2, 0.25) is 0 Å². The Morgan fingerprint density at radius 1 is 1.69 bits per heavy atom. The molecule has 0 aliphatic rings. The number of likely N-dealkylation sites (N-methyl/N-ethyl adjacent to an activating group) is 1. The molecule has 0 saturated heterocycles. The van der Waals surface area contributed by atoms with Crippen LogP contribution in [0.5, 0.6) is 0 Å². The van der Waals surface area contributed by atoms with Crippen molar-refractivity contribution in [3.8, 4) is 0 Å². The minimum atomic E-state index is 0.487. The third kappa shape index (κ3) is 3.06. The van der Waals surface area contributed by atoms with Gasteiger partial charge in [-0.2, -0.15) is 0 Å². The molecule has 0 bridgehead atoms. The van der Waals surface area contributed by atoms with Crippen LogP contribution in [0.15, 0.2) is 5.38 Å². The second-order valence-corrected chi connectivity index (χ2v) is 3.96. The monoisotopic (exact) mass is 200 g/mol. The van der Waals surface area contributed by atoms with E-state index in [9.17, 15) is 0 Å². The van der Waals surface area contributed by atoms with E-state index in [1.807, 2.05) is 7.05 Å². The summed E-state index contributed by atoms with van der Waals surface area (Å²) in [5.74, 6) is 0.487. The fourth-order valence-corrected chi connectivity index (χ4v) is 2.02. The first-order chi connectivity index (χ1) is 6.27. The first kappa shape index (κ1) is 10.6. The van der Waals surface area contributed by atoms with Crippen LogP contribution in [0.3, 0.4) is 0 Å². The van der Waals surface area contributed by atoms with Crippen LogP contribution in [0.25, 0.3) is 0 Å². The smallest absolute Gasteiger partial charge is 0.0970 e. The van der Waals surface area contributed by atoms with E-state index >= 15 is 0 Å². The SMILES string of the molecule is CNCC(C)c1nc(COC)cs1. The molecule has 4 heteroatoms. The second kappa shape index (κ2) is 5.32. The molecule has 0 aliphatic carbocycles. The Labute approximate surface area is 83.1 Å². The van der Waals surface area contributed by atoms with Gasteiger partial charge in [0.05, 0.1) is 17.3 Å². The topological polar surface area (TPSA) is 34.2 Å². The summed E-state index contributed by atoms with van der Waals surface area (Å²) in [7, 11) is 3.65. The molecule has 0 fully saturated rings. The molecule has 0 radical (unpaired) electrons. The molecule has 1 unspecified atom stereocenters. The van der Waals surface area contributed by atoms with Gasteiger partial charge < -0.3 is 10.1 Å². The fourth-order valence-electron chi connectivity index (χ4n) is 1.16. The van der Waals surface area contributed by atoms with Crippen molar-refractivity contribution in [2.75, 3.05) is 20.7 Å². The number of rotatable bonds is 5. The van der Waals surface area contributed by atoms with Crippen molar-refractivity contribution in [3.63, 3.8) is 0 Å². The Morgan fingerprint density at radius 3 is 3.08 bits per heavy atom. The first-order valence-electron chi connectivity index (χ1n) is 4.35. The molecule has 1 N–H and O–H groups in total. The Bertz CT molecular complexity index is 250. The summed E-state index contributed by atoms with van der Waals surface area (Å²) in [6, 6.07) is 0. The maximum atomic E-state index is 5.01. The van der Waals surface area contributed by atoms with E-state index in [1.165, 1.54) is 5.01 Å². The van der Waals surface area contributed by atoms with Gasteiger partial charge in [-0.05, 0) is 7.05 Å². The standard InChI is InChI=1S/C9H16N2OS/c1-7(4-10-2)9-11-8(5-12-3)6-13-9/h6-7,10H,4-5H2,1-3H3. The van der Waals surface area contributed by atoms with Gasteiger partial charge in [0.25, 0.3) is 0 Å². The summed E-state index contributed by atoms with van der Waals surface area (Å²) in [5, 5.41) is 6.38. The molecule has 0 amide bonds. The summed E-state index contributed by atoms with van der Waals surface area (Å²) in [5.41, 5.74) is 1.03. The summed E-state index contributed by atoms with van der Waals surface area (Å²) in [4.78, 5) is 4.47. The summed E-state index contributed by atoms with van der Waals surface area (Å²) < 4.78 is 5.01. The van der Waals surface area contributed by atoms with Crippen LogP contribution in [0.1, 0.15) is 23.5 Å². The van der Waals surface area contributed by atoms with Crippen LogP contribution < -0.4 is 5.32 Å². The summed E-state index contributed by atoms with van der Waals surface area (Å²) in [6.07, 6.45) is 0. The van der Waals surface area contributed by atoms with Crippen molar-refractivity contribution in [1.29, 1.82) is 0 Å². The van der Waals surface area contributed by atoms with E-state index in [0.717, 1.165) is 12.2 Å². The van der Waals surface area contributed by atoms with Gasteiger partial charge in [-0.15, -0.1) is 11.3 Å². The predicted molar refractivity (Wildman–Crippen MR) is 55.2 cm³/mol. The molecule has 74 valence electrons. The lowest BCUT2D eigenvalue weighted by Gasteiger charge is -2.05. The number of nitrogens with zero attached hydrogens (tertiary/aromatic N) is 1. The molecule has 1 atom stereocenters. The zero-order chi connectivity index (χ0) is 9.68. The van der Waals surface area contributed by atoms with Gasteiger partial charge in [-0.25, -0.2) is 4.98 Å². The molecule has 3 nitrogen and oxygen atoms in total. The normalized spacial score (nSPS) is 13.2.